The fourth-order valence-electron chi connectivity index (χ4n) is 4.75. The Bertz CT molecular complexity index is 984. The average molecular weight is 439 g/mol. The lowest BCUT2D eigenvalue weighted by molar-refractivity contribution is -0.121. The minimum Gasteiger partial charge on any atom is -0.389 e. The maximum Gasteiger partial charge on any atom is 0.250 e. The van der Waals surface area contributed by atoms with Crippen molar-refractivity contribution < 1.29 is 23.4 Å². The number of aliphatic hydroxyl groups is 1. The molecule has 0 radical (unpaired) electrons. The molecule has 1 saturated carbocycles. The zero-order valence-electron chi connectivity index (χ0n) is 16.6. The number of pyridine rings is 1. The topological polar surface area (TPSA) is 74.8 Å². The molecule has 0 aromatic carbocycles. The fraction of sp³-hybridized carbons (Fsp3) is 0.545. The first kappa shape index (κ1) is 21.4. The highest BCUT2D eigenvalue weighted by Gasteiger charge is 2.45. The number of hydrogen-bond donors (Lipinski definition) is 2. The Labute approximate surface area is 178 Å². The number of carbonyl (C=O) groups is 1. The number of fused-ring (bicyclic) bond motifs is 1. The molecule has 2 N–H and O–H groups in total. The van der Waals surface area contributed by atoms with Crippen LogP contribution in [0.2, 0.25) is 5.02 Å². The van der Waals surface area contributed by atoms with Crippen molar-refractivity contribution >= 4 is 28.6 Å². The zero-order chi connectivity index (χ0) is 21.5. The largest absolute Gasteiger partial charge is 0.389 e. The molecule has 2 fully saturated rings. The van der Waals surface area contributed by atoms with Gasteiger partial charge in [-0.3, -0.25) is 4.79 Å². The van der Waals surface area contributed by atoms with Gasteiger partial charge in [0.05, 0.1) is 27.9 Å². The molecule has 4 rings (SSSR count). The predicted molar refractivity (Wildman–Crippen MR) is 110 cm³/mol. The highest BCUT2D eigenvalue weighted by atomic mass is 35.5. The van der Waals surface area contributed by atoms with E-state index in [1.807, 2.05) is 10.6 Å². The molecule has 0 amide bonds. The second-order valence-electron chi connectivity index (χ2n) is 8.55. The van der Waals surface area contributed by atoms with Gasteiger partial charge in [0.25, 0.3) is 5.92 Å². The van der Waals surface area contributed by atoms with Crippen molar-refractivity contribution in [3.05, 3.63) is 40.7 Å². The first-order chi connectivity index (χ1) is 14.2. The summed E-state index contributed by atoms with van der Waals surface area (Å²) < 4.78 is 35.1. The van der Waals surface area contributed by atoms with E-state index in [1.54, 1.807) is 18.2 Å². The van der Waals surface area contributed by atoms with Crippen LogP contribution in [0.15, 0.2) is 24.4 Å². The van der Waals surface area contributed by atoms with Crippen LogP contribution in [0.25, 0.3) is 5.52 Å². The van der Waals surface area contributed by atoms with Gasteiger partial charge < -0.3 is 19.7 Å². The second kappa shape index (κ2) is 8.02. The molecule has 3 heterocycles. The average Bonchev–Trinajstić information content (AvgIpc) is 3.27. The Hall–Kier alpha value is -1.83. The van der Waals surface area contributed by atoms with Crippen LogP contribution in [-0.4, -0.2) is 39.1 Å². The number of nitrogens with one attached hydrogen (secondary N) is 1. The van der Waals surface area contributed by atoms with Gasteiger partial charge in [-0.05, 0) is 43.9 Å². The van der Waals surface area contributed by atoms with Gasteiger partial charge in [0.15, 0.2) is 5.78 Å². The van der Waals surface area contributed by atoms with Crippen molar-refractivity contribution in [3.8, 4) is 0 Å². The van der Waals surface area contributed by atoms with Crippen LogP contribution < -0.4 is 0 Å². The normalized spacial score (nSPS) is 26.2. The predicted octanol–water partition coefficient (Wildman–Crippen LogP) is 5.37. The van der Waals surface area contributed by atoms with Gasteiger partial charge in [0, 0.05) is 49.8 Å². The molecular formula is C22H25ClF2N2O3. The number of hydrogen-bond acceptors (Lipinski definition) is 4. The maximum atomic E-state index is 13.7. The standard InChI is InChI=1S/C22H25ClF2N2O3/c23-16-4-1-8-27-17(19-5-2-9-30-19)11-15(20(16)27)18(28)10-14(26)12-21(29)6-3-7-22(24,25)13-21/h1,4,8,11,19,26,29H,2-3,5-7,9-10,12-13H2. The van der Waals surface area contributed by atoms with E-state index < -0.39 is 17.9 Å². The van der Waals surface area contributed by atoms with Crippen molar-refractivity contribution in [1.29, 1.82) is 5.41 Å². The summed E-state index contributed by atoms with van der Waals surface area (Å²) >= 11 is 6.38. The summed E-state index contributed by atoms with van der Waals surface area (Å²) in [4.78, 5) is 13.0. The van der Waals surface area contributed by atoms with Crippen molar-refractivity contribution in [2.24, 2.45) is 0 Å². The molecule has 162 valence electrons. The molecule has 0 bridgehead atoms. The van der Waals surface area contributed by atoms with E-state index in [4.69, 9.17) is 21.7 Å². The van der Waals surface area contributed by atoms with E-state index in [1.165, 1.54) is 0 Å². The first-order valence-corrected chi connectivity index (χ1v) is 10.7. The molecular weight excluding hydrogens is 414 g/mol. The van der Waals surface area contributed by atoms with Gasteiger partial charge in [-0.2, -0.15) is 0 Å². The Kier molecular flexibility index (Phi) is 5.72. The van der Waals surface area contributed by atoms with E-state index in [0.717, 1.165) is 18.5 Å². The number of alkyl halides is 2. The molecule has 0 spiro atoms. The molecule has 1 aliphatic heterocycles. The lowest BCUT2D eigenvalue weighted by Crippen LogP contribution is -2.42. The minimum absolute atomic E-state index is 0.0507. The van der Waals surface area contributed by atoms with Crippen LogP contribution in [0.5, 0.6) is 0 Å². The van der Waals surface area contributed by atoms with E-state index in [9.17, 15) is 18.7 Å². The van der Waals surface area contributed by atoms with E-state index in [0.29, 0.717) is 22.7 Å². The quantitative estimate of drug-likeness (QED) is 0.470. The molecule has 2 aromatic heterocycles. The third-order valence-electron chi connectivity index (χ3n) is 6.02. The highest BCUT2D eigenvalue weighted by molar-refractivity contribution is 6.35. The summed E-state index contributed by atoms with van der Waals surface area (Å²) in [7, 11) is 0. The van der Waals surface area contributed by atoms with Crippen LogP contribution in [0.4, 0.5) is 8.78 Å². The first-order valence-electron chi connectivity index (χ1n) is 10.3. The van der Waals surface area contributed by atoms with Gasteiger partial charge >= 0.3 is 0 Å². The number of nitrogens with zero attached hydrogens (tertiary/aromatic N) is 1. The molecule has 2 atom stereocenters. The van der Waals surface area contributed by atoms with E-state index in [2.05, 4.69) is 0 Å². The second-order valence-corrected chi connectivity index (χ2v) is 8.96. The van der Waals surface area contributed by atoms with Gasteiger partial charge in [-0.1, -0.05) is 11.6 Å². The maximum absolute atomic E-state index is 13.7. The number of rotatable bonds is 6. The lowest BCUT2D eigenvalue weighted by Gasteiger charge is -2.36. The van der Waals surface area contributed by atoms with Crippen LogP contribution >= 0.6 is 11.6 Å². The third-order valence-corrected chi connectivity index (χ3v) is 6.32. The molecule has 30 heavy (non-hydrogen) atoms. The Morgan fingerprint density at radius 2 is 2.17 bits per heavy atom. The number of halogens is 3. The molecule has 1 aliphatic carbocycles. The van der Waals surface area contributed by atoms with Gasteiger partial charge in [0.2, 0.25) is 0 Å². The summed E-state index contributed by atoms with van der Waals surface area (Å²) in [5.74, 6) is -3.25. The van der Waals surface area contributed by atoms with E-state index in [-0.39, 0.29) is 49.7 Å². The molecule has 5 nitrogen and oxygen atoms in total. The molecule has 8 heteroatoms. The summed E-state index contributed by atoms with van der Waals surface area (Å²) in [6.45, 7) is 0.662. The minimum atomic E-state index is -2.93. The molecule has 2 aliphatic rings. The summed E-state index contributed by atoms with van der Waals surface area (Å²) in [5, 5.41) is 19.2. The van der Waals surface area contributed by atoms with Gasteiger partial charge in [-0.15, -0.1) is 0 Å². The molecule has 2 aromatic rings. The summed E-state index contributed by atoms with van der Waals surface area (Å²) in [5.41, 5.74) is 0.0977. The summed E-state index contributed by atoms with van der Waals surface area (Å²) in [6, 6.07) is 5.25. The highest BCUT2D eigenvalue weighted by Crippen LogP contribution is 2.41. The van der Waals surface area contributed by atoms with Crippen molar-refractivity contribution in [2.75, 3.05) is 6.61 Å². The smallest absolute Gasteiger partial charge is 0.250 e. The Balaban J connectivity index is 1.55. The van der Waals surface area contributed by atoms with Crippen LogP contribution in [0.1, 0.15) is 73.5 Å². The zero-order valence-corrected chi connectivity index (χ0v) is 17.4. The number of carbonyl (C=O) groups excluding carboxylic acids is 1. The SMILES string of the molecule is N=C(CC(=O)c1cc(C2CCCO2)n2cccc(Cl)c12)CC1(O)CCCC(F)(F)C1. The Morgan fingerprint density at radius 1 is 1.37 bits per heavy atom. The van der Waals surface area contributed by atoms with Gasteiger partial charge in [-0.25, -0.2) is 8.78 Å². The molecule has 2 unspecified atom stereocenters. The van der Waals surface area contributed by atoms with Crippen LogP contribution in [-0.2, 0) is 4.74 Å². The van der Waals surface area contributed by atoms with Crippen molar-refractivity contribution in [1.82, 2.24) is 4.40 Å². The van der Waals surface area contributed by atoms with Gasteiger partial charge in [0.1, 0.15) is 0 Å². The number of ether oxygens (including phenoxy) is 1. The van der Waals surface area contributed by atoms with E-state index >= 15 is 0 Å². The van der Waals surface area contributed by atoms with Crippen molar-refractivity contribution in [2.45, 2.75) is 69.0 Å². The lowest BCUT2D eigenvalue weighted by atomic mass is 9.78. The number of Topliss-reactive ketones (excluding diaryl/α,β-unsaturated/α-hetero) is 1. The monoisotopic (exact) mass is 438 g/mol. The fourth-order valence-corrected chi connectivity index (χ4v) is 5.01. The molecule has 1 saturated heterocycles. The Morgan fingerprint density at radius 3 is 2.87 bits per heavy atom. The number of aromatic nitrogens is 1. The van der Waals surface area contributed by atoms with Crippen LogP contribution in [0.3, 0.4) is 0 Å². The summed E-state index contributed by atoms with van der Waals surface area (Å²) in [6.07, 6.45) is 2.52. The van der Waals surface area contributed by atoms with Crippen LogP contribution in [0, 0.1) is 5.41 Å². The van der Waals surface area contributed by atoms with Crippen molar-refractivity contribution in [3.63, 3.8) is 0 Å². The number of ketones is 1. The third kappa shape index (κ3) is 4.29.